The Morgan fingerprint density at radius 3 is 2.60 bits per heavy atom. The van der Waals surface area contributed by atoms with Gasteiger partial charge < -0.3 is 0 Å². The molecule has 1 unspecified atom stereocenters. The van der Waals surface area contributed by atoms with Crippen LogP contribution in [0.15, 0.2) is 12.1 Å². The number of thiophene rings is 1. The topological polar surface area (TPSA) is 0 Å². The first-order valence-corrected chi connectivity index (χ1v) is 7.68. The van der Waals surface area contributed by atoms with Crippen LogP contribution in [0.5, 0.6) is 0 Å². The minimum absolute atomic E-state index is 0.480. The maximum atomic E-state index is 6.00. The third-order valence-electron chi connectivity index (χ3n) is 3.68. The van der Waals surface area contributed by atoms with E-state index in [2.05, 4.69) is 28.9 Å². The summed E-state index contributed by atoms with van der Waals surface area (Å²) >= 11 is 11.6. The molecule has 1 aromatic rings. The third-order valence-corrected chi connectivity index (χ3v) is 6.75. The fourth-order valence-corrected chi connectivity index (χ4v) is 5.03. The average molecular weight is 308 g/mol. The zero-order valence-electron chi connectivity index (χ0n) is 8.93. The molecule has 0 bridgehead atoms. The summed E-state index contributed by atoms with van der Waals surface area (Å²) in [5.41, 5.74) is 0.480. The van der Waals surface area contributed by atoms with Crippen molar-refractivity contribution in [2.24, 2.45) is 5.41 Å². The van der Waals surface area contributed by atoms with E-state index in [0.29, 0.717) is 10.2 Å². The summed E-state index contributed by atoms with van der Waals surface area (Å²) in [4.78, 5) is 1.89. The highest BCUT2D eigenvalue weighted by atomic mass is 79.9. The summed E-state index contributed by atoms with van der Waals surface area (Å²) in [7, 11) is 0. The number of alkyl halides is 1. The summed E-state index contributed by atoms with van der Waals surface area (Å²) in [6.45, 7) is 2.31. The Kier molecular flexibility index (Phi) is 3.79. The van der Waals surface area contributed by atoms with Crippen molar-refractivity contribution in [2.75, 3.05) is 0 Å². The van der Waals surface area contributed by atoms with E-state index in [1.165, 1.54) is 37.0 Å². The summed E-state index contributed by atoms with van der Waals surface area (Å²) in [6.07, 6.45) is 6.74. The van der Waals surface area contributed by atoms with Crippen LogP contribution in [0.4, 0.5) is 0 Å². The van der Waals surface area contributed by atoms with Gasteiger partial charge in [-0.2, -0.15) is 0 Å². The van der Waals surface area contributed by atoms with Crippen LogP contribution in [0.2, 0.25) is 4.34 Å². The fraction of sp³-hybridized carbons (Fsp3) is 0.667. The molecule has 1 heterocycles. The van der Waals surface area contributed by atoms with E-state index in [-0.39, 0.29) is 0 Å². The van der Waals surface area contributed by atoms with E-state index < -0.39 is 0 Å². The second-order valence-corrected chi connectivity index (χ2v) is 7.09. The molecule has 1 aliphatic rings. The Labute approximate surface area is 109 Å². The number of rotatable bonds is 3. The van der Waals surface area contributed by atoms with E-state index >= 15 is 0 Å². The maximum Gasteiger partial charge on any atom is 0.0931 e. The third kappa shape index (κ3) is 2.27. The molecule has 0 nitrogen and oxygen atoms in total. The second kappa shape index (κ2) is 4.77. The normalized spacial score (nSPS) is 21.8. The molecule has 2 rings (SSSR count). The number of halogens is 2. The highest BCUT2D eigenvalue weighted by Crippen LogP contribution is 2.55. The van der Waals surface area contributed by atoms with Crippen molar-refractivity contribution in [2.45, 2.75) is 43.9 Å². The van der Waals surface area contributed by atoms with Crippen LogP contribution in [0.1, 0.15) is 48.7 Å². The Morgan fingerprint density at radius 2 is 2.13 bits per heavy atom. The first-order chi connectivity index (χ1) is 7.18. The van der Waals surface area contributed by atoms with Gasteiger partial charge in [0, 0.05) is 4.88 Å². The Balaban J connectivity index is 2.21. The van der Waals surface area contributed by atoms with Crippen molar-refractivity contribution >= 4 is 38.9 Å². The van der Waals surface area contributed by atoms with Crippen molar-refractivity contribution in [3.63, 3.8) is 0 Å². The molecule has 1 fully saturated rings. The van der Waals surface area contributed by atoms with E-state index in [0.717, 1.165) is 4.34 Å². The molecule has 3 heteroatoms. The van der Waals surface area contributed by atoms with Gasteiger partial charge in [0.2, 0.25) is 0 Å². The largest absolute Gasteiger partial charge is 0.127 e. The highest BCUT2D eigenvalue weighted by molar-refractivity contribution is 9.09. The van der Waals surface area contributed by atoms with Gasteiger partial charge in [-0.15, -0.1) is 11.3 Å². The van der Waals surface area contributed by atoms with Crippen LogP contribution in [0.25, 0.3) is 0 Å². The molecule has 0 amide bonds. The molecular formula is C12H16BrClS. The molecule has 1 saturated carbocycles. The molecule has 1 aliphatic carbocycles. The minimum Gasteiger partial charge on any atom is -0.127 e. The van der Waals surface area contributed by atoms with Gasteiger partial charge in [0.05, 0.1) is 9.16 Å². The van der Waals surface area contributed by atoms with Crippen LogP contribution in [0, 0.1) is 5.41 Å². The average Bonchev–Trinajstić information content (AvgIpc) is 2.86. The van der Waals surface area contributed by atoms with E-state index in [1.54, 1.807) is 11.3 Å². The molecule has 0 aromatic carbocycles. The lowest BCUT2D eigenvalue weighted by Crippen LogP contribution is -2.20. The predicted octanol–water partition coefficient (Wildman–Crippen LogP) is 5.81. The fourth-order valence-electron chi connectivity index (χ4n) is 2.63. The first kappa shape index (κ1) is 11.9. The van der Waals surface area contributed by atoms with Crippen molar-refractivity contribution in [1.82, 2.24) is 0 Å². The van der Waals surface area contributed by atoms with E-state index in [4.69, 9.17) is 11.6 Å². The minimum atomic E-state index is 0.480. The SMILES string of the molecule is CCC1(C(Br)c2ccc(Cl)s2)CCCC1. The summed E-state index contributed by atoms with van der Waals surface area (Å²) < 4.78 is 0.902. The van der Waals surface area contributed by atoms with Gasteiger partial charge in [0.1, 0.15) is 0 Å². The molecule has 0 spiro atoms. The lowest BCUT2D eigenvalue weighted by Gasteiger charge is -2.32. The van der Waals surface area contributed by atoms with Gasteiger partial charge in [0.25, 0.3) is 0 Å². The smallest absolute Gasteiger partial charge is 0.0931 e. The standard InChI is InChI=1S/C12H16BrClS/c1-2-12(7-3-4-8-12)11(13)9-5-6-10(14)15-9/h5-6,11H,2-4,7-8H2,1H3. The van der Waals surface area contributed by atoms with E-state index in [9.17, 15) is 0 Å². The Hall–Kier alpha value is 0.470. The van der Waals surface area contributed by atoms with Crippen LogP contribution in [-0.4, -0.2) is 0 Å². The van der Waals surface area contributed by atoms with Crippen LogP contribution in [-0.2, 0) is 0 Å². The molecule has 1 aromatic heterocycles. The molecular weight excluding hydrogens is 292 g/mol. The molecule has 0 radical (unpaired) electrons. The zero-order valence-corrected chi connectivity index (χ0v) is 12.1. The van der Waals surface area contributed by atoms with Gasteiger partial charge in [0.15, 0.2) is 0 Å². The lowest BCUT2D eigenvalue weighted by molar-refractivity contribution is 0.281. The quantitative estimate of drug-likeness (QED) is 0.618. The lowest BCUT2D eigenvalue weighted by atomic mass is 9.79. The van der Waals surface area contributed by atoms with Crippen molar-refractivity contribution in [3.8, 4) is 0 Å². The van der Waals surface area contributed by atoms with Crippen LogP contribution >= 0.6 is 38.9 Å². The Bertz CT molecular complexity index is 328. The first-order valence-electron chi connectivity index (χ1n) is 5.57. The van der Waals surface area contributed by atoms with Crippen molar-refractivity contribution in [3.05, 3.63) is 21.3 Å². The van der Waals surface area contributed by atoms with Crippen molar-refractivity contribution in [1.29, 1.82) is 0 Å². The zero-order chi connectivity index (χ0) is 10.9. The van der Waals surface area contributed by atoms with Gasteiger partial charge in [-0.25, -0.2) is 0 Å². The maximum absolute atomic E-state index is 6.00. The number of hydrogen-bond acceptors (Lipinski definition) is 1. The number of hydrogen-bond donors (Lipinski definition) is 0. The summed E-state index contributed by atoms with van der Waals surface area (Å²) in [5, 5.41) is 0. The van der Waals surface area contributed by atoms with Gasteiger partial charge in [-0.3, -0.25) is 0 Å². The highest BCUT2D eigenvalue weighted by Gasteiger charge is 2.39. The molecule has 0 aliphatic heterocycles. The molecule has 0 saturated heterocycles. The van der Waals surface area contributed by atoms with Gasteiger partial charge >= 0.3 is 0 Å². The second-order valence-electron chi connectivity index (χ2n) is 4.43. The monoisotopic (exact) mass is 306 g/mol. The molecule has 0 N–H and O–H groups in total. The summed E-state index contributed by atoms with van der Waals surface area (Å²) in [6, 6.07) is 4.18. The van der Waals surface area contributed by atoms with Crippen LogP contribution < -0.4 is 0 Å². The Morgan fingerprint density at radius 1 is 1.47 bits per heavy atom. The van der Waals surface area contributed by atoms with Crippen molar-refractivity contribution < 1.29 is 0 Å². The summed E-state index contributed by atoms with van der Waals surface area (Å²) in [5.74, 6) is 0. The van der Waals surface area contributed by atoms with E-state index in [1.807, 2.05) is 6.07 Å². The molecule has 15 heavy (non-hydrogen) atoms. The van der Waals surface area contributed by atoms with Crippen LogP contribution in [0.3, 0.4) is 0 Å². The molecule has 1 atom stereocenters. The molecule has 84 valence electrons. The predicted molar refractivity (Wildman–Crippen MR) is 72.2 cm³/mol. The van der Waals surface area contributed by atoms with Gasteiger partial charge in [-0.05, 0) is 36.8 Å². The van der Waals surface area contributed by atoms with Gasteiger partial charge in [-0.1, -0.05) is 47.3 Å².